The fourth-order valence-electron chi connectivity index (χ4n) is 3.17. The molecular weight excluding hydrogens is 374 g/mol. The number of nitrogen functional groups attached to an aromatic ring is 1. The van der Waals surface area contributed by atoms with Crippen molar-refractivity contribution in [3.05, 3.63) is 126 Å². The van der Waals surface area contributed by atoms with Crippen LogP contribution in [0.15, 0.2) is 109 Å². The van der Waals surface area contributed by atoms with E-state index in [0.29, 0.717) is 22.7 Å². The molecule has 0 aromatic heterocycles. The number of nitrogens with two attached hydrogens (primary N) is 1. The van der Waals surface area contributed by atoms with Crippen molar-refractivity contribution in [1.29, 1.82) is 0 Å². The second-order valence-electron chi connectivity index (χ2n) is 6.74. The standard InChI is InChI=1S/C26H21NO3/c27-22-16-8-10-18-24(22)29-23-17-9-7-15-21(23)26(28)30-25(19-11-3-1-4-12-19)20-13-5-2-6-14-20/h1-18,25H,27H2. The molecule has 0 aliphatic rings. The van der Waals surface area contributed by atoms with Crippen LogP contribution in [0, 0.1) is 0 Å². The molecule has 148 valence electrons. The highest BCUT2D eigenvalue weighted by Gasteiger charge is 2.22. The van der Waals surface area contributed by atoms with Gasteiger partial charge in [-0.3, -0.25) is 0 Å². The van der Waals surface area contributed by atoms with Crippen LogP contribution in [0.1, 0.15) is 27.6 Å². The number of anilines is 1. The molecule has 0 unspecified atom stereocenters. The summed E-state index contributed by atoms with van der Waals surface area (Å²) in [6.45, 7) is 0. The van der Waals surface area contributed by atoms with Crippen LogP contribution in [0.25, 0.3) is 0 Å². The molecule has 0 spiro atoms. The summed E-state index contributed by atoms with van der Waals surface area (Å²) < 4.78 is 11.9. The summed E-state index contributed by atoms with van der Waals surface area (Å²) in [4.78, 5) is 13.2. The second-order valence-corrected chi connectivity index (χ2v) is 6.74. The predicted octanol–water partition coefficient (Wildman–Crippen LogP) is 6.01. The summed E-state index contributed by atoms with van der Waals surface area (Å²) >= 11 is 0. The van der Waals surface area contributed by atoms with Crippen LogP contribution in [0.5, 0.6) is 11.5 Å². The van der Waals surface area contributed by atoms with Crippen molar-refractivity contribution < 1.29 is 14.3 Å². The first-order valence-electron chi connectivity index (χ1n) is 9.64. The van der Waals surface area contributed by atoms with Crippen molar-refractivity contribution in [2.24, 2.45) is 0 Å². The average molecular weight is 395 g/mol. The van der Waals surface area contributed by atoms with Crippen LogP contribution in [0.4, 0.5) is 5.69 Å². The van der Waals surface area contributed by atoms with Gasteiger partial charge in [0.25, 0.3) is 0 Å². The molecule has 0 radical (unpaired) electrons. The summed E-state index contributed by atoms with van der Waals surface area (Å²) in [7, 11) is 0. The Morgan fingerprint density at radius 3 is 1.73 bits per heavy atom. The van der Waals surface area contributed by atoms with E-state index in [4.69, 9.17) is 15.2 Å². The SMILES string of the molecule is Nc1ccccc1Oc1ccccc1C(=O)OC(c1ccccc1)c1ccccc1. The summed E-state index contributed by atoms with van der Waals surface area (Å²) in [6, 6.07) is 33.5. The van der Waals surface area contributed by atoms with Crippen molar-refractivity contribution in [3.8, 4) is 11.5 Å². The highest BCUT2D eigenvalue weighted by molar-refractivity contribution is 5.93. The van der Waals surface area contributed by atoms with Gasteiger partial charge in [-0.2, -0.15) is 0 Å². The van der Waals surface area contributed by atoms with Gasteiger partial charge in [-0.15, -0.1) is 0 Å². The van der Waals surface area contributed by atoms with Crippen LogP contribution in [-0.2, 0) is 4.74 Å². The highest BCUT2D eigenvalue weighted by atomic mass is 16.5. The molecule has 0 saturated carbocycles. The van der Waals surface area contributed by atoms with Gasteiger partial charge in [-0.1, -0.05) is 84.9 Å². The Hall–Kier alpha value is -4.05. The van der Waals surface area contributed by atoms with Gasteiger partial charge in [-0.05, 0) is 35.4 Å². The highest BCUT2D eigenvalue weighted by Crippen LogP contribution is 2.32. The Bertz CT molecular complexity index is 1090. The summed E-state index contributed by atoms with van der Waals surface area (Å²) in [5, 5.41) is 0. The van der Waals surface area contributed by atoms with Crippen LogP contribution in [-0.4, -0.2) is 5.97 Å². The number of ether oxygens (including phenoxy) is 2. The number of esters is 1. The molecule has 0 aliphatic heterocycles. The van der Waals surface area contributed by atoms with Gasteiger partial charge < -0.3 is 15.2 Å². The Morgan fingerprint density at radius 2 is 1.13 bits per heavy atom. The largest absolute Gasteiger partial charge is 0.454 e. The molecular formula is C26H21NO3. The number of hydrogen-bond donors (Lipinski definition) is 1. The average Bonchev–Trinajstić information content (AvgIpc) is 2.80. The molecule has 0 aliphatic carbocycles. The van der Waals surface area contributed by atoms with E-state index >= 15 is 0 Å². The lowest BCUT2D eigenvalue weighted by atomic mass is 10.0. The zero-order chi connectivity index (χ0) is 20.8. The van der Waals surface area contributed by atoms with Crippen LogP contribution < -0.4 is 10.5 Å². The zero-order valence-electron chi connectivity index (χ0n) is 16.3. The fraction of sp³-hybridized carbons (Fsp3) is 0.0385. The van der Waals surface area contributed by atoms with E-state index in [9.17, 15) is 4.79 Å². The predicted molar refractivity (Wildman–Crippen MR) is 118 cm³/mol. The first-order valence-corrected chi connectivity index (χ1v) is 9.64. The Kier molecular flexibility index (Phi) is 5.76. The monoisotopic (exact) mass is 395 g/mol. The van der Waals surface area contributed by atoms with Crippen LogP contribution in [0.3, 0.4) is 0 Å². The smallest absolute Gasteiger partial charge is 0.342 e. The Labute approximate surface area is 175 Å². The van der Waals surface area contributed by atoms with Crippen molar-refractivity contribution >= 4 is 11.7 Å². The minimum Gasteiger partial charge on any atom is -0.454 e. The lowest BCUT2D eigenvalue weighted by molar-refractivity contribution is 0.0375. The first-order chi connectivity index (χ1) is 14.7. The van der Waals surface area contributed by atoms with E-state index in [-0.39, 0.29) is 0 Å². The van der Waals surface area contributed by atoms with Gasteiger partial charge >= 0.3 is 5.97 Å². The van der Waals surface area contributed by atoms with E-state index in [1.807, 2.05) is 72.8 Å². The summed E-state index contributed by atoms with van der Waals surface area (Å²) in [5.74, 6) is 0.401. The molecule has 0 amide bonds. The third-order valence-electron chi connectivity index (χ3n) is 4.68. The summed E-state index contributed by atoms with van der Waals surface area (Å²) in [5.41, 5.74) is 8.59. The number of para-hydroxylation sites is 3. The molecule has 4 nitrogen and oxygen atoms in total. The summed E-state index contributed by atoms with van der Waals surface area (Å²) in [6.07, 6.45) is -0.533. The normalized spacial score (nSPS) is 10.6. The molecule has 0 atom stereocenters. The van der Waals surface area contributed by atoms with Crippen LogP contribution >= 0.6 is 0 Å². The molecule has 0 saturated heterocycles. The molecule has 0 heterocycles. The fourth-order valence-corrected chi connectivity index (χ4v) is 3.17. The van der Waals surface area contributed by atoms with E-state index in [2.05, 4.69) is 0 Å². The van der Waals surface area contributed by atoms with Crippen molar-refractivity contribution in [2.45, 2.75) is 6.10 Å². The number of hydrogen-bond acceptors (Lipinski definition) is 4. The lowest BCUT2D eigenvalue weighted by Crippen LogP contribution is -2.14. The van der Waals surface area contributed by atoms with Gasteiger partial charge in [0.05, 0.1) is 5.69 Å². The number of carbonyl (C=O) groups is 1. The second kappa shape index (κ2) is 8.97. The van der Waals surface area contributed by atoms with Crippen molar-refractivity contribution in [3.63, 3.8) is 0 Å². The van der Waals surface area contributed by atoms with E-state index in [1.54, 1.807) is 36.4 Å². The molecule has 4 rings (SSSR count). The third-order valence-corrected chi connectivity index (χ3v) is 4.68. The van der Waals surface area contributed by atoms with Crippen LogP contribution in [0.2, 0.25) is 0 Å². The van der Waals surface area contributed by atoms with Crippen molar-refractivity contribution in [2.75, 3.05) is 5.73 Å². The number of benzene rings is 4. The maximum absolute atomic E-state index is 13.2. The Morgan fingerprint density at radius 1 is 0.633 bits per heavy atom. The van der Waals surface area contributed by atoms with Crippen molar-refractivity contribution in [1.82, 2.24) is 0 Å². The van der Waals surface area contributed by atoms with Gasteiger partial charge in [0.2, 0.25) is 0 Å². The number of rotatable bonds is 6. The van der Waals surface area contributed by atoms with Gasteiger partial charge in [0.15, 0.2) is 6.10 Å². The zero-order valence-corrected chi connectivity index (χ0v) is 16.3. The van der Waals surface area contributed by atoms with Gasteiger partial charge in [-0.25, -0.2) is 4.79 Å². The van der Waals surface area contributed by atoms with Gasteiger partial charge in [0, 0.05) is 0 Å². The maximum atomic E-state index is 13.2. The molecule has 4 aromatic rings. The van der Waals surface area contributed by atoms with E-state index in [0.717, 1.165) is 11.1 Å². The minimum absolute atomic E-state index is 0.331. The molecule has 2 N–H and O–H groups in total. The molecule has 4 aromatic carbocycles. The van der Waals surface area contributed by atoms with E-state index in [1.165, 1.54) is 0 Å². The minimum atomic E-state index is -0.533. The van der Waals surface area contributed by atoms with E-state index < -0.39 is 12.1 Å². The molecule has 30 heavy (non-hydrogen) atoms. The maximum Gasteiger partial charge on any atom is 0.342 e. The number of carbonyl (C=O) groups excluding carboxylic acids is 1. The van der Waals surface area contributed by atoms with Gasteiger partial charge in [0.1, 0.15) is 17.1 Å². The first kappa shape index (κ1) is 19.3. The third kappa shape index (κ3) is 4.33. The Balaban J connectivity index is 1.65. The molecule has 4 heteroatoms. The lowest BCUT2D eigenvalue weighted by Gasteiger charge is -2.20. The molecule has 0 bridgehead atoms. The molecule has 0 fully saturated rings. The quantitative estimate of drug-likeness (QED) is 0.321. The topological polar surface area (TPSA) is 61.5 Å².